The molecule has 1 aliphatic carbocycles. The van der Waals surface area contributed by atoms with E-state index in [0.717, 1.165) is 32.0 Å². The summed E-state index contributed by atoms with van der Waals surface area (Å²) in [5.74, 6) is -0.402. The lowest BCUT2D eigenvalue weighted by atomic mass is 9.94. The van der Waals surface area contributed by atoms with Crippen molar-refractivity contribution in [2.45, 2.75) is 57.0 Å². The number of allylic oxidation sites excluding steroid dienone is 2. The quantitative estimate of drug-likeness (QED) is 0.429. The molecule has 1 spiro atoms. The van der Waals surface area contributed by atoms with Crippen LogP contribution in [0.4, 0.5) is 0 Å². The van der Waals surface area contributed by atoms with Gasteiger partial charge in [-0.1, -0.05) is 18.6 Å². The third kappa shape index (κ3) is 2.85. The predicted molar refractivity (Wildman–Crippen MR) is 65.6 cm³/mol. The number of hydrogen-bond donors (Lipinski definition) is 0. The van der Waals surface area contributed by atoms with Gasteiger partial charge >= 0.3 is 0 Å². The van der Waals surface area contributed by atoms with E-state index < -0.39 is 5.79 Å². The monoisotopic (exact) mass is 236 g/mol. The van der Waals surface area contributed by atoms with E-state index >= 15 is 0 Å². The summed E-state index contributed by atoms with van der Waals surface area (Å²) in [6.45, 7) is 1.97. The zero-order valence-electron chi connectivity index (χ0n) is 10.3. The molecule has 2 aliphatic rings. The molecule has 0 aromatic carbocycles. The van der Waals surface area contributed by atoms with E-state index in [9.17, 15) is 4.79 Å². The Bertz CT molecular complexity index is 313. The Balaban J connectivity index is 2.09. The Morgan fingerprint density at radius 1 is 1.06 bits per heavy atom. The van der Waals surface area contributed by atoms with Crippen molar-refractivity contribution in [2.24, 2.45) is 0 Å². The molecule has 0 bridgehead atoms. The number of carbonyl (C=O) groups is 1. The van der Waals surface area contributed by atoms with E-state index in [1.807, 2.05) is 19.1 Å². The van der Waals surface area contributed by atoms with Gasteiger partial charge in [-0.2, -0.15) is 0 Å². The molecule has 2 fully saturated rings. The van der Waals surface area contributed by atoms with Crippen molar-refractivity contribution < 1.29 is 14.3 Å². The highest BCUT2D eigenvalue weighted by molar-refractivity contribution is 5.64. The smallest absolute Gasteiger partial charge is 0.170 e. The fourth-order valence-electron chi connectivity index (χ4n) is 2.63. The molecule has 0 aromatic rings. The van der Waals surface area contributed by atoms with E-state index in [-0.39, 0.29) is 12.2 Å². The summed E-state index contributed by atoms with van der Waals surface area (Å²) in [6, 6.07) is 0. The van der Waals surface area contributed by atoms with E-state index in [2.05, 4.69) is 0 Å². The average molecular weight is 236 g/mol. The van der Waals surface area contributed by atoms with E-state index in [0.29, 0.717) is 0 Å². The molecule has 1 heterocycles. The number of carbonyl (C=O) groups excluding carboxylic acids is 1. The van der Waals surface area contributed by atoms with Gasteiger partial charge < -0.3 is 9.47 Å². The van der Waals surface area contributed by atoms with Gasteiger partial charge in [-0.15, -0.1) is 0 Å². The maximum atomic E-state index is 10.4. The van der Waals surface area contributed by atoms with Crippen molar-refractivity contribution >= 4 is 6.29 Å². The van der Waals surface area contributed by atoms with Crippen LogP contribution < -0.4 is 0 Å². The van der Waals surface area contributed by atoms with Crippen LogP contribution in [0.5, 0.6) is 0 Å². The Hall–Kier alpha value is -0.930. The first kappa shape index (κ1) is 12.5. The van der Waals surface area contributed by atoms with Gasteiger partial charge in [-0.25, -0.2) is 0 Å². The second-order valence-electron chi connectivity index (χ2n) is 4.68. The van der Waals surface area contributed by atoms with Crippen LogP contribution in [0, 0.1) is 0 Å². The Morgan fingerprint density at radius 3 is 2.29 bits per heavy atom. The van der Waals surface area contributed by atoms with Gasteiger partial charge in [0.05, 0.1) is 0 Å². The summed E-state index contributed by atoms with van der Waals surface area (Å²) >= 11 is 0. The fraction of sp³-hybridized carbons (Fsp3) is 0.643. The van der Waals surface area contributed by atoms with Gasteiger partial charge in [-0.05, 0) is 31.9 Å². The maximum Gasteiger partial charge on any atom is 0.170 e. The summed E-state index contributed by atoms with van der Waals surface area (Å²) in [5, 5.41) is 0. The van der Waals surface area contributed by atoms with Crippen LogP contribution >= 0.6 is 0 Å². The van der Waals surface area contributed by atoms with Crippen LogP contribution in [0.15, 0.2) is 24.3 Å². The molecule has 94 valence electrons. The third-order valence-electron chi connectivity index (χ3n) is 3.40. The highest BCUT2D eigenvalue weighted by Gasteiger charge is 2.45. The number of rotatable bonds is 3. The fourth-order valence-corrected chi connectivity index (χ4v) is 2.63. The average Bonchev–Trinajstić information content (AvgIpc) is 2.66. The molecule has 0 radical (unpaired) electrons. The second-order valence-corrected chi connectivity index (χ2v) is 4.68. The van der Waals surface area contributed by atoms with Crippen LogP contribution in [-0.4, -0.2) is 24.3 Å². The molecule has 0 amide bonds. The van der Waals surface area contributed by atoms with Crippen molar-refractivity contribution in [3.63, 3.8) is 0 Å². The molecule has 1 saturated carbocycles. The topological polar surface area (TPSA) is 35.5 Å². The molecule has 1 aliphatic heterocycles. The van der Waals surface area contributed by atoms with E-state index in [1.165, 1.54) is 12.5 Å². The summed E-state index contributed by atoms with van der Waals surface area (Å²) in [4.78, 5) is 10.4. The molecule has 2 rings (SSSR count). The summed E-state index contributed by atoms with van der Waals surface area (Å²) < 4.78 is 12.1. The van der Waals surface area contributed by atoms with Gasteiger partial charge in [-0.3, -0.25) is 4.79 Å². The minimum atomic E-state index is -0.402. The van der Waals surface area contributed by atoms with Crippen LogP contribution in [0.25, 0.3) is 0 Å². The van der Waals surface area contributed by atoms with Gasteiger partial charge in [0.15, 0.2) is 5.79 Å². The third-order valence-corrected chi connectivity index (χ3v) is 3.40. The molecule has 3 nitrogen and oxygen atoms in total. The summed E-state index contributed by atoms with van der Waals surface area (Å²) in [6.07, 6.45) is 13.4. The first-order chi connectivity index (χ1) is 8.29. The number of hydrogen-bond acceptors (Lipinski definition) is 3. The minimum absolute atomic E-state index is 0.0608. The lowest BCUT2D eigenvalue weighted by Gasteiger charge is -2.31. The van der Waals surface area contributed by atoms with Crippen LogP contribution in [0.2, 0.25) is 0 Å². The van der Waals surface area contributed by atoms with Gasteiger partial charge in [0, 0.05) is 12.8 Å². The zero-order chi connectivity index (χ0) is 12.1. The van der Waals surface area contributed by atoms with Crippen LogP contribution in [-0.2, 0) is 14.3 Å². The summed E-state index contributed by atoms with van der Waals surface area (Å²) in [7, 11) is 0. The molecule has 3 heteroatoms. The number of ether oxygens (including phenoxy) is 2. The lowest BCUT2D eigenvalue weighted by Crippen LogP contribution is -2.33. The summed E-state index contributed by atoms with van der Waals surface area (Å²) in [5.41, 5.74) is 0. The molecular weight excluding hydrogens is 216 g/mol. The Labute approximate surface area is 102 Å². The Kier molecular flexibility index (Phi) is 4.13. The highest BCUT2D eigenvalue weighted by atomic mass is 16.8. The largest absolute Gasteiger partial charge is 0.340 e. The van der Waals surface area contributed by atoms with Gasteiger partial charge in [0.25, 0.3) is 0 Å². The SMILES string of the molecule is C/C=C\[C@H]1OC2(CCCCC2)O[C@H]1/C=C/C=O. The zero-order valence-corrected chi connectivity index (χ0v) is 10.3. The maximum absolute atomic E-state index is 10.4. The highest BCUT2D eigenvalue weighted by Crippen LogP contribution is 2.41. The van der Waals surface area contributed by atoms with Crippen molar-refractivity contribution in [2.75, 3.05) is 0 Å². The van der Waals surface area contributed by atoms with Crippen molar-refractivity contribution in [3.05, 3.63) is 24.3 Å². The van der Waals surface area contributed by atoms with E-state index in [1.54, 1.807) is 6.08 Å². The van der Waals surface area contributed by atoms with Crippen molar-refractivity contribution in [1.82, 2.24) is 0 Å². The first-order valence-electron chi connectivity index (χ1n) is 6.40. The standard InChI is InChI=1S/C14H20O3/c1-2-7-12-13(8-6-11-15)17-14(16-12)9-4-3-5-10-14/h2,6-8,11-13H,3-5,9-10H2,1H3/b7-2-,8-6+/t12-,13+/m1/s1. The molecular formula is C14H20O3. The number of aldehydes is 1. The lowest BCUT2D eigenvalue weighted by molar-refractivity contribution is -0.188. The second kappa shape index (κ2) is 5.61. The molecule has 1 saturated heterocycles. The first-order valence-corrected chi connectivity index (χ1v) is 6.40. The van der Waals surface area contributed by atoms with E-state index in [4.69, 9.17) is 9.47 Å². The molecule has 0 aromatic heterocycles. The predicted octanol–water partition coefficient (Wildman–Crippen LogP) is 2.76. The van der Waals surface area contributed by atoms with Gasteiger partial charge in [0.2, 0.25) is 0 Å². The molecule has 17 heavy (non-hydrogen) atoms. The molecule has 2 atom stereocenters. The van der Waals surface area contributed by atoms with Crippen molar-refractivity contribution in [1.29, 1.82) is 0 Å². The minimum Gasteiger partial charge on any atom is -0.340 e. The molecule has 0 unspecified atom stereocenters. The van der Waals surface area contributed by atoms with Crippen LogP contribution in [0.3, 0.4) is 0 Å². The van der Waals surface area contributed by atoms with Crippen molar-refractivity contribution in [3.8, 4) is 0 Å². The van der Waals surface area contributed by atoms with Gasteiger partial charge in [0.1, 0.15) is 18.5 Å². The molecule has 0 N–H and O–H groups in total. The Morgan fingerprint density at radius 2 is 1.71 bits per heavy atom. The van der Waals surface area contributed by atoms with Crippen LogP contribution in [0.1, 0.15) is 39.0 Å². The normalized spacial score (nSPS) is 32.8.